The number of unbranched alkanes of at least 4 members (excludes halogenated alkanes) is 6. The van der Waals surface area contributed by atoms with E-state index in [-0.39, 0.29) is 0 Å². The fraction of sp³-hybridized carbons (Fsp3) is 1.00. The van der Waals surface area contributed by atoms with Crippen molar-refractivity contribution in [1.82, 2.24) is 4.90 Å². The number of nitrogens with zero attached hydrogens (tertiary/aromatic N) is 1. The maximum atomic E-state index is 2.26. The van der Waals surface area contributed by atoms with Crippen LogP contribution in [0.2, 0.25) is 0 Å². The van der Waals surface area contributed by atoms with Gasteiger partial charge in [0.05, 0.1) is 0 Å². The van der Waals surface area contributed by atoms with E-state index in [9.17, 15) is 0 Å². The molecule has 0 aromatic heterocycles. The van der Waals surface area contributed by atoms with Gasteiger partial charge in [0, 0.05) is 0 Å². The Balaban J connectivity index is -0.000000205. The highest BCUT2D eigenvalue weighted by atomic mass is 15.0. The molecule has 0 aliphatic heterocycles. The fourth-order valence-electron chi connectivity index (χ4n) is 1.03. The highest BCUT2D eigenvalue weighted by Gasteiger charge is 1.85. The van der Waals surface area contributed by atoms with Gasteiger partial charge in [0.25, 0.3) is 0 Å². The Morgan fingerprint density at radius 2 is 0.824 bits per heavy atom. The van der Waals surface area contributed by atoms with Crippen LogP contribution in [0.3, 0.4) is 0 Å². The normalized spacial score (nSPS) is 9.53. The van der Waals surface area contributed by atoms with Gasteiger partial charge in [-0.25, -0.2) is 0 Å². The van der Waals surface area contributed by atoms with E-state index < -0.39 is 0 Å². The maximum absolute atomic E-state index is 2.26. The van der Waals surface area contributed by atoms with Crippen LogP contribution in [-0.4, -0.2) is 26.0 Å². The second-order valence-electron chi connectivity index (χ2n) is 5.84. The van der Waals surface area contributed by atoms with E-state index in [1.54, 1.807) is 0 Å². The van der Waals surface area contributed by atoms with Gasteiger partial charge in [-0.2, -0.15) is 0 Å². The lowest BCUT2D eigenvalue weighted by molar-refractivity contribution is 0.505. The van der Waals surface area contributed by atoms with E-state index in [0.29, 0.717) is 0 Å². The fourth-order valence-corrected chi connectivity index (χ4v) is 1.03. The molecule has 0 rings (SSSR count). The van der Waals surface area contributed by atoms with Gasteiger partial charge in [0.15, 0.2) is 0 Å². The van der Waals surface area contributed by atoms with E-state index in [1.165, 1.54) is 44.9 Å². The number of hydrogen-bond acceptors (Lipinski definition) is 1. The predicted molar refractivity (Wildman–Crippen MR) is 83.8 cm³/mol. The van der Waals surface area contributed by atoms with Gasteiger partial charge in [-0.1, -0.05) is 79.6 Å². The Kier molecular flexibility index (Phi) is 27.7. The second kappa shape index (κ2) is 21.3. The lowest BCUT2D eigenvalue weighted by Gasteiger charge is -1.96. The van der Waals surface area contributed by atoms with Crippen molar-refractivity contribution in [1.29, 1.82) is 0 Å². The summed E-state index contributed by atoms with van der Waals surface area (Å²) in [6.45, 7) is 11.0. The molecule has 0 radical (unpaired) electrons. The van der Waals surface area contributed by atoms with Crippen LogP contribution in [0, 0.1) is 5.92 Å². The predicted octanol–water partition coefficient (Wildman–Crippen LogP) is 5.60. The van der Waals surface area contributed by atoms with Crippen molar-refractivity contribution in [3.05, 3.63) is 0 Å². The van der Waals surface area contributed by atoms with E-state index in [4.69, 9.17) is 0 Å². The first-order valence-electron chi connectivity index (χ1n) is 7.49. The first kappa shape index (κ1) is 22.2. The van der Waals surface area contributed by atoms with E-state index in [0.717, 1.165) is 5.92 Å². The van der Waals surface area contributed by atoms with E-state index in [1.807, 2.05) is 26.0 Å². The summed E-state index contributed by atoms with van der Waals surface area (Å²) in [6.07, 6.45) is 9.97. The molecule has 1 nitrogen and oxygen atoms in total. The zero-order valence-corrected chi connectivity index (χ0v) is 14.0. The van der Waals surface area contributed by atoms with E-state index in [2.05, 4.69) is 34.6 Å². The van der Waals surface area contributed by atoms with Crippen LogP contribution in [0.4, 0.5) is 0 Å². The third-order valence-corrected chi connectivity index (χ3v) is 1.71. The van der Waals surface area contributed by atoms with Crippen LogP contribution < -0.4 is 0 Å². The van der Waals surface area contributed by atoms with Gasteiger partial charge in [0.2, 0.25) is 0 Å². The molecule has 0 amide bonds. The zero-order chi connectivity index (χ0) is 14.1. The largest absolute Gasteiger partial charge is 0.312 e. The van der Waals surface area contributed by atoms with Crippen LogP contribution in [0.5, 0.6) is 0 Å². The molecule has 1 heteroatoms. The lowest BCUT2D eigenvalue weighted by atomic mass is 10.1. The summed E-state index contributed by atoms with van der Waals surface area (Å²) in [5, 5.41) is 0. The molecule has 0 unspecified atom stereocenters. The molecule has 0 heterocycles. The average Bonchev–Trinajstić information content (AvgIpc) is 2.16. The Morgan fingerprint density at radius 3 is 1.00 bits per heavy atom. The summed E-state index contributed by atoms with van der Waals surface area (Å²) < 4.78 is 0. The highest BCUT2D eigenvalue weighted by Crippen LogP contribution is 2.05. The van der Waals surface area contributed by atoms with Gasteiger partial charge in [-0.3, -0.25) is 0 Å². The molecule has 0 aliphatic carbocycles. The molecular weight excluding hydrogens is 206 g/mol. The van der Waals surface area contributed by atoms with Crippen LogP contribution in [-0.2, 0) is 0 Å². The van der Waals surface area contributed by atoms with Gasteiger partial charge < -0.3 is 4.90 Å². The first-order chi connectivity index (χ1) is 7.88. The van der Waals surface area contributed by atoms with Crippen molar-refractivity contribution in [2.75, 3.05) is 21.1 Å². The highest BCUT2D eigenvalue weighted by molar-refractivity contribution is 4.41. The summed E-state index contributed by atoms with van der Waals surface area (Å²) in [6, 6.07) is 0. The minimum atomic E-state index is 0.833. The molecule has 0 saturated carbocycles. The third-order valence-electron chi connectivity index (χ3n) is 1.71. The topological polar surface area (TPSA) is 3.24 Å². The van der Waals surface area contributed by atoms with Crippen LogP contribution >= 0.6 is 0 Å². The molecule has 0 bridgehead atoms. The second-order valence-corrected chi connectivity index (χ2v) is 5.84. The Hall–Kier alpha value is -0.0400. The van der Waals surface area contributed by atoms with Crippen LogP contribution in [0.15, 0.2) is 0 Å². The molecule has 0 atom stereocenters. The average molecular weight is 245 g/mol. The Bertz CT molecular complexity index is 80.2. The molecule has 0 spiro atoms. The number of rotatable bonds is 6. The van der Waals surface area contributed by atoms with Gasteiger partial charge in [-0.05, 0) is 27.1 Å². The smallest absolute Gasteiger partial charge is 0.0140 e. The Morgan fingerprint density at radius 1 is 0.647 bits per heavy atom. The molecule has 108 valence electrons. The molecular formula is C16H39N. The molecule has 0 N–H and O–H groups in total. The van der Waals surface area contributed by atoms with Crippen molar-refractivity contribution in [3.8, 4) is 0 Å². The SMILES string of the molecule is CC(C)C.CCCCCCCCC.CN(C)C. The summed E-state index contributed by atoms with van der Waals surface area (Å²) in [5.74, 6) is 0.833. The monoisotopic (exact) mass is 245 g/mol. The van der Waals surface area contributed by atoms with Gasteiger partial charge in [-0.15, -0.1) is 0 Å². The summed E-state index contributed by atoms with van der Waals surface area (Å²) in [4.78, 5) is 2.00. The lowest BCUT2D eigenvalue weighted by Crippen LogP contribution is -1.99. The van der Waals surface area contributed by atoms with Crippen molar-refractivity contribution < 1.29 is 0 Å². The Labute approximate surface area is 112 Å². The molecule has 0 aliphatic rings. The molecule has 0 aromatic rings. The summed E-state index contributed by atoms with van der Waals surface area (Å²) in [5.41, 5.74) is 0. The summed E-state index contributed by atoms with van der Waals surface area (Å²) >= 11 is 0. The van der Waals surface area contributed by atoms with Crippen molar-refractivity contribution >= 4 is 0 Å². The molecule has 0 saturated heterocycles. The minimum Gasteiger partial charge on any atom is -0.312 e. The first-order valence-corrected chi connectivity index (χ1v) is 7.49. The molecule has 17 heavy (non-hydrogen) atoms. The zero-order valence-electron chi connectivity index (χ0n) is 14.0. The van der Waals surface area contributed by atoms with Crippen LogP contribution in [0.25, 0.3) is 0 Å². The van der Waals surface area contributed by atoms with Crippen LogP contribution in [0.1, 0.15) is 79.6 Å². The molecule has 0 aromatic carbocycles. The van der Waals surface area contributed by atoms with Crippen molar-refractivity contribution in [2.24, 2.45) is 5.92 Å². The maximum Gasteiger partial charge on any atom is -0.0140 e. The van der Waals surface area contributed by atoms with E-state index >= 15 is 0 Å². The minimum absolute atomic E-state index is 0.833. The number of hydrogen-bond donors (Lipinski definition) is 0. The van der Waals surface area contributed by atoms with Crippen molar-refractivity contribution in [2.45, 2.75) is 79.6 Å². The molecule has 0 fully saturated rings. The summed E-state index contributed by atoms with van der Waals surface area (Å²) in [7, 11) is 6.00. The van der Waals surface area contributed by atoms with Crippen molar-refractivity contribution in [3.63, 3.8) is 0 Å². The quantitative estimate of drug-likeness (QED) is 0.551. The van der Waals surface area contributed by atoms with Gasteiger partial charge >= 0.3 is 0 Å². The third kappa shape index (κ3) is 87.6. The van der Waals surface area contributed by atoms with Gasteiger partial charge in [0.1, 0.15) is 0 Å². The standard InChI is InChI=1S/C9H20.C4H10.C3H9N/c1-3-5-7-9-8-6-4-2;2*1-4(2)3/h3-9H2,1-2H3;4H,1-3H3;1-3H3.